The number of rotatable bonds is 8. The number of hydrogen-bond acceptors (Lipinski definition) is 3. The molecule has 0 aliphatic carbocycles. The van der Waals surface area contributed by atoms with Gasteiger partial charge in [-0.05, 0) is 40.5 Å². The number of aliphatic carboxylic acids is 1. The lowest BCUT2D eigenvalue weighted by Crippen LogP contribution is -2.42. The van der Waals surface area contributed by atoms with Crippen LogP contribution in [0.2, 0.25) is 0 Å². The average Bonchev–Trinajstić information content (AvgIpc) is 2.83. The van der Waals surface area contributed by atoms with Gasteiger partial charge in [-0.15, -0.1) is 0 Å². The minimum atomic E-state index is -1.12. The number of nitrogens with one attached hydrogen (secondary N) is 1. The summed E-state index contributed by atoms with van der Waals surface area (Å²) in [7, 11) is 0. The van der Waals surface area contributed by atoms with Crippen molar-refractivity contribution in [2.24, 2.45) is 5.92 Å². The molecular weight excluding hydrogens is 414 g/mol. The molecule has 4 rings (SSSR count). The van der Waals surface area contributed by atoms with Crippen LogP contribution in [0.4, 0.5) is 0 Å². The molecule has 4 aromatic rings. The molecule has 33 heavy (non-hydrogen) atoms. The molecule has 0 aliphatic heterocycles. The number of hydrogen-bond donors (Lipinski definition) is 2. The van der Waals surface area contributed by atoms with Crippen molar-refractivity contribution in [3.8, 4) is 0 Å². The Balaban J connectivity index is 1.67. The molecule has 0 unspecified atom stereocenters. The molecule has 0 bridgehead atoms. The summed E-state index contributed by atoms with van der Waals surface area (Å²) in [6.45, 7) is 1.42. The number of carbonyl (C=O) groups excluding carboxylic acids is 2. The van der Waals surface area contributed by atoms with Gasteiger partial charge in [-0.2, -0.15) is 0 Å². The van der Waals surface area contributed by atoms with E-state index in [0.717, 1.165) is 27.1 Å². The summed E-state index contributed by atoms with van der Waals surface area (Å²) in [6.07, 6.45) is 0.311. The lowest BCUT2D eigenvalue weighted by Gasteiger charge is -2.19. The van der Waals surface area contributed by atoms with Crippen molar-refractivity contribution in [2.75, 3.05) is 0 Å². The Kier molecular flexibility index (Phi) is 6.50. The van der Waals surface area contributed by atoms with Crippen LogP contribution in [0.1, 0.15) is 29.3 Å². The Morgan fingerprint density at radius 1 is 0.788 bits per heavy atom. The van der Waals surface area contributed by atoms with Crippen molar-refractivity contribution < 1.29 is 19.5 Å². The number of carboxylic acid groups (broad SMARTS) is 1. The second kappa shape index (κ2) is 9.65. The summed E-state index contributed by atoms with van der Waals surface area (Å²) >= 11 is 0. The van der Waals surface area contributed by atoms with Crippen LogP contribution in [0.3, 0.4) is 0 Å². The van der Waals surface area contributed by atoms with E-state index >= 15 is 0 Å². The highest BCUT2D eigenvalue weighted by atomic mass is 16.4. The zero-order valence-corrected chi connectivity index (χ0v) is 18.3. The highest BCUT2D eigenvalue weighted by Gasteiger charge is 2.27. The lowest BCUT2D eigenvalue weighted by atomic mass is 9.88. The maximum atomic E-state index is 13.4. The van der Waals surface area contributed by atoms with Crippen molar-refractivity contribution in [1.82, 2.24) is 5.32 Å². The van der Waals surface area contributed by atoms with E-state index < -0.39 is 23.8 Å². The van der Waals surface area contributed by atoms with Gasteiger partial charge in [0.2, 0.25) is 5.91 Å². The van der Waals surface area contributed by atoms with Gasteiger partial charge in [-0.25, -0.2) is 0 Å². The second-order valence-electron chi connectivity index (χ2n) is 8.26. The van der Waals surface area contributed by atoms with Crippen LogP contribution in [0, 0.1) is 5.92 Å². The minimum absolute atomic E-state index is 0.0185. The van der Waals surface area contributed by atoms with Crippen molar-refractivity contribution >= 4 is 39.2 Å². The van der Waals surface area contributed by atoms with Gasteiger partial charge in [0.05, 0.1) is 0 Å². The molecule has 166 valence electrons. The predicted molar refractivity (Wildman–Crippen MR) is 129 cm³/mol. The number of benzene rings is 4. The van der Waals surface area contributed by atoms with Crippen LogP contribution in [0.15, 0.2) is 84.9 Å². The number of carbonyl (C=O) groups is 3. The Bertz CT molecular complexity index is 1330. The molecule has 4 aromatic carbocycles. The van der Waals surface area contributed by atoms with E-state index in [9.17, 15) is 19.5 Å². The largest absolute Gasteiger partial charge is 0.480 e. The Morgan fingerprint density at radius 3 is 2.06 bits per heavy atom. The maximum Gasteiger partial charge on any atom is 0.325 e. The van der Waals surface area contributed by atoms with Crippen LogP contribution >= 0.6 is 0 Å². The van der Waals surface area contributed by atoms with Crippen LogP contribution in [0.5, 0.6) is 0 Å². The zero-order chi connectivity index (χ0) is 23.4. The zero-order valence-electron chi connectivity index (χ0n) is 18.3. The Labute approximate surface area is 192 Å². The SMILES string of the molecule is C[C@H](NC(=O)[C@@H](CC(=O)c1cccc2ccccc12)Cc1cccc2ccccc12)C(=O)O. The quantitative estimate of drug-likeness (QED) is 0.378. The molecule has 1 amide bonds. The fraction of sp³-hybridized carbons (Fsp3) is 0.179. The van der Waals surface area contributed by atoms with E-state index in [1.165, 1.54) is 6.92 Å². The van der Waals surface area contributed by atoms with E-state index in [2.05, 4.69) is 5.32 Å². The van der Waals surface area contributed by atoms with Crippen LogP contribution in [0.25, 0.3) is 21.5 Å². The average molecular weight is 440 g/mol. The molecule has 0 radical (unpaired) electrons. The molecule has 0 spiro atoms. The van der Waals surface area contributed by atoms with Crippen LogP contribution < -0.4 is 5.32 Å². The number of fused-ring (bicyclic) bond motifs is 2. The first-order valence-corrected chi connectivity index (χ1v) is 10.9. The third-order valence-electron chi connectivity index (χ3n) is 5.97. The summed E-state index contributed by atoms with van der Waals surface area (Å²) in [5.41, 5.74) is 1.51. The number of carboxylic acids is 1. The molecule has 0 aliphatic rings. The Morgan fingerprint density at radius 2 is 1.36 bits per heavy atom. The van der Waals surface area contributed by atoms with Gasteiger partial charge in [0.25, 0.3) is 0 Å². The smallest absolute Gasteiger partial charge is 0.325 e. The summed E-state index contributed by atoms with van der Waals surface area (Å²) in [6, 6.07) is 25.9. The molecule has 0 saturated carbocycles. The number of amides is 1. The van der Waals surface area contributed by atoms with E-state index in [-0.39, 0.29) is 12.2 Å². The lowest BCUT2D eigenvalue weighted by molar-refractivity contribution is -0.141. The molecule has 0 aromatic heterocycles. The highest BCUT2D eigenvalue weighted by Crippen LogP contribution is 2.26. The van der Waals surface area contributed by atoms with Crippen LogP contribution in [-0.2, 0) is 16.0 Å². The number of ketones is 1. The standard InChI is InChI=1S/C28H25NO4/c1-18(28(32)33)29-27(31)22(16-21-12-6-10-19-8-2-4-13-23(19)21)17-26(30)25-15-7-11-20-9-3-5-14-24(20)25/h2-15,18,22H,16-17H2,1H3,(H,29,31)(H,32,33)/t18-,22+/m0/s1. The van der Waals surface area contributed by atoms with Crippen molar-refractivity contribution in [1.29, 1.82) is 0 Å². The van der Waals surface area contributed by atoms with Gasteiger partial charge in [0.1, 0.15) is 6.04 Å². The molecule has 0 heterocycles. The van der Waals surface area contributed by atoms with Gasteiger partial charge in [-0.1, -0.05) is 84.9 Å². The second-order valence-corrected chi connectivity index (χ2v) is 8.26. The molecule has 2 atom stereocenters. The van der Waals surface area contributed by atoms with E-state index in [1.807, 2.05) is 78.9 Å². The van der Waals surface area contributed by atoms with E-state index in [0.29, 0.717) is 12.0 Å². The monoisotopic (exact) mass is 439 g/mol. The molecule has 0 fully saturated rings. The van der Waals surface area contributed by atoms with E-state index in [4.69, 9.17) is 0 Å². The third kappa shape index (κ3) is 4.93. The molecule has 0 saturated heterocycles. The minimum Gasteiger partial charge on any atom is -0.480 e. The van der Waals surface area contributed by atoms with Crippen molar-refractivity contribution in [2.45, 2.75) is 25.8 Å². The normalized spacial score (nSPS) is 12.9. The van der Waals surface area contributed by atoms with E-state index in [1.54, 1.807) is 6.07 Å². The first-order valence-electron chi connectivity index (χ1n) is 10.9. The summed E-state index contributed by atoms with van der Waals surface area (Å²) < 4.78 is 0. The van der Waals surface area contributed by atoms with Crippen molar-refractivity contribution in [3.05, 3.63) is 96.1 Å². The maximum absolute atomic E-state index is 13.4. The summed E-state index contributed by atoms with van der Waals surface area (Å²) in [5.74, 6) is -2.40. The Hall–Kier alpha value is -3.99. The summed E-state index contributed by atoms with van der Waals surface area (Å²) in [5, 5.41) is 15.7. The topological polar surface area (TPSA) is 83.5 Å². The van der Waals surface area contributed by atoms with Gasteiger partial charge in [-0.3, -0.25) is 14.4 Å². The van der Waals surface area contributed by atoms with Crippen molar-refractivity contribution in [3.63, 3.8) is 0 Å². The fourth-order valence-electron chi connectivity index (χ4n) is 4.19. The van der Waals surface area contributed by atoms with Gasteiger partial charge in [0.15, 0.2) is 5.78 Å². The predicted octanol–water partition coefficient (Wildman–Crippen LogP) is 5.01. The molecule has 5 heteroatoms. The van der Waals surface area contributed by atoms with Gasteiger partial charge in [0, 0.05) is 17.9 Å². The first-order chi connectivity index (χ1) is 15.9. The van der Waals surface area contributed by atoms with Gasteiger partial charge < -0.3 is 10.4 Å². The summed E-state index contributed by atoms with van der Waals surface area (Å²) in [4.78, 5) is 37.8. The number of Topliss-reactive ketones (excluding diaryl/α,β-unsaturated/α-hetero) is 1. The first kappa shape index (κ1) is 22.2. The molecule has 2 N–H and O–H groups in total. The van der Waals surface area contributed by atoms with Crippen LogP contribution in [-0.4, -0.2) is 28.8 Å². The third-order valence-corrected chi connectivity index (χ3v) is 5.97. The highest BCUT2D eigenvalue weighted by molar-refractivity contribution is 6.09. The fourth-order valence-corrected chi connectivity index (χ4v) is 4.19. The molecule has 5 nitrogen and oxygen atoms in total. The molecular formula is C28H25NO4. The van der Waals surface area contributed by atoms with Gasteiger partial charge >= 0.3 is 5.97 Å².